The van der Waals surface area contributed by atoms with Crippen LogP contribution in [0.5, 0.6) is 5.75 Å². The van der Waals surface area contributed by atoms with Crippen molar-refractivity contribution in [3.8, 4) is 5.75 Å². The summed E-state index contributed by atoms with van der Waals surface area (Å²) in [6, 6.07) is 10.8. The zero-order valence-corrected chi connectivity index (χ0v) is 19.0. The number of pyridine rings is 1. The summed E-state index contributed by atoms with van der Waals surface area (Å²) in [4.78, 5) is 25.8. The van der Waals surface area contributed by atoms with Gasteiger partial charge in [0.15, 0.2) is 0 Å². The van der Waals surface area contributed by atoms with Gasteiger partial charge in [-0.1, -0.05) is 17.7 Å². The molecule has 0 saturated heterocycles. The number of benzene rings is 1. The number of imidazole rings is 1. The van der Waals surface area contributed by atoms with Gasteiger partial charge in [0.05, 0.1) is 12.2 Å². The molecule has 172 valence electrons. The number of amides is 1. The number of phenols is 1. The molecule has 2 saturated carbocycles. The van der Waals surface area contributed by atoms with E-state index in [1.807, 2.05) is 6.20 Å². The number of nitrogens with zero attached hydrogens (tertiary/aromatic N) is 4. The Bertz CT molecular complexity index is 1400. The zero-order chi connectivity index (χ0) is 23.2. The topological polar surface area (TPSA) is 104 Å². The number of rotatable bonds is 7. The fourth-order valence-corrected chi connectivity index (χ4v) is 4.56. The molecule has 1 amide bonds. The molecular weight excluding hydrogens is 452 g/mol. The van der Waals surface area contributed by atoms with Crippen LogP contribution in [0.15, 0.2) is 55.1 Å². The maximum Gasteiger partial charge on any atom is 0.229 e. The van der Waals surface area contributed by atoms with Crippen molar-refractivity contribution < 1.29 is 9.90 Å². The molecule has 3 heterocycles. The van der Waals surface area contributed by atoms with E-state index in [-0.39, 0.29) is 23.5 Å². The fraction of sp³-hybridized carbons (Fsp3) is 0.280. The molecule has 0 aliphatic heterocycles. The minimum Gasteiger partial charge on any atom is -0.508 e. The summed E-state index contributed by atoms with van der Waals surface area (Å²) in [6.45, 7) is 0.504. The van der Waals surface area contributed by atoms with Crippen LogP contribution in [-0.4, -0.2) is 30.4 Å². The van der Waals surface area contributed by atoms with Crippen molar-refractivity contribution in [3.63, 3.8) is 0 Å². The van der Waals surface area contributed by atoms with E-state index in [4.69, 9.17) is 11.6 Å². The highest BCUT2D eigenvalue weighted by atomic mass is 35.5. The third-order valence-electron chi connectivity index (χ3n) is 6.46. The van der Waals surface area contributed by atoms with Crippen molar-refractivity contribution in [1.29, 1.82) is 0 Å². The lowest BCUT2D eigenvalue weighted by atomic mass is 10.1. The second-order valence-electron chi connectivity index (χ2n) is 9.02. The van der Waals surface area contributed by atoms with Gasteiger partial charge < -0.3 is 20.1 Å². The van der Waals surface area contributed by atoms with Crippen LogP contribution in [-0.2, 0) is 11.3 Å². The van der Waals surface area contributed by atoms with Crippen LogP contribution in [0, 0.1) is 5.92 Å². The summed E-state index contributed by atoms with van der Waals surface area (Å²) in [5, 5.41) is 16.7. The lowest BCUT2D eigenvalue weighted by Crippen LogP contribution is -2.16. The Kier molecular flexibility index (Phi) is 5.10. The predicted octanol–water partition coefficient (Wildman–Crippen LogP) is 4.72. The molecule has 2 aliphatic carbocycles. The van der Waals surface area contributed by atoms with Crippen molar-refractivity contribution in [2.24, 2.45) is 5.92 Å². The molecule has 3 aromatic heterocycles. The maximum absolute atomic E-state index is 12.7. The van der Waals surface area contributed by atoms with E-state index in [0.717, 1.165) is 11.3 Å². The van der Waals surface area contributed by atoms with E-state index in [1.165, 1.54) is 24.7 Å². The van der Waals surface area contributed by atoms with Crippen molar-refractivity contribution in [3.05, 3.63) is 77.0 Å². The first-order valence-electron chi connectivity index (χ1n) is 11.4. The fourth-order valence-electron chi connectivity index (χ4n) is 4.38. The summed E-state index contributed by atoms with van der Waals surface area (Å²) >= 11 is 6.04. The number of aromatic nitrogens is 4. The van der Waals surface area contributed by atoms with E-state index in [0.29, 0.717) is 41.1 Å². The lowest BCUT2D eigenvalue weighted by Gasteiger charge is -2.08. The Hall–Kier alpha value is -3.65. The molecule has 34 heavy (non-hydrogen) atoms. The quantitative estimate of drug-likeness (QED) is 0.358. The molecule has 1 aromatic carbocycles. The number of anilines is 2. The van der Waals surface area contributed by atoms with E-state index in [1.54, 1.807) is 24.3 Å². The van der Waals surface area contributed by atoms with Gasteiger partial charge in [0.1, 0.15) is 29.4 Å². The number of aromatic hydroxyl groups is 1. The molecular formula is C25H23ClN6O2. The molecule has 0 radical (unpaired) electrons. The highest BCUT2D eigenvalue weighted by Gasteiger charge is 2.45. The predicted molar refractivity (Wildman–Crippen MR) is 129 cm³/mol. The number of phenolic OH excluding ortho intramolecular Hbond substituents is 1. The van der Waals surface area contributed by atoms with Crippen LogP contribution in [0.4, 0.5) is 11.6 Å². The van der Waals surface area contributed by atoms with Crippen molar-refractivity contribution >= 4 is 34.8 Å². The minimum atomic E-state index is -0.228. The number of hydrogen-bond donors (Lipinski definition) is 3. The van der Waals surface area contributed by atoms with E-state index < -0.39 is 0 Å². The normalized spacial score (nSPS) is 19.2. The monoisotopic (exact) mass is 474 g/mol. The standard InChI is InChI=1S/C25H23ClN6O2/c26-16-4-5-21(33)19(7-16)18-8-20(18)25(34)31-23-9-22(28-13-29-23)27-10-17-12-32-11-15(14-1-2-14)3-6-24(32)30-17/h3-7,9,11-14,18,20,33H,1-2,8,10H2,(H2,27,28,29,31,34)/t18-,20+/m1/s1. The van der Waals surface area contributed by atoms with Crippen LogP contribution < -0.4 is 10.6 Å². The summed E-state index contributed by atoms with van der Waals surface area (Å²) in [7, 11) is 0. The van der Waals surface area contributed by atoms with Crippen LogP contribution in [0.2, 0.25) is 5.02 Å². The van der Waals surface area contributed by atoms with E-state index >= 15 is 0 Å². The van der Waals surface area contributed by atoms with E-state index in [2.05, 4.69) is 48.3 Å². The maximum atomic E-state index is 12.7. The van der Waals surface area contributed by atoms with Gasteiger partial charge in [0.2, 0.25) is 5.91 Å². The molecule has 2 fully saturated rings. The highest BCUT2D eigenvalue weighted by molar-refractivity contribution is 6.30. The van der Waals surface area contributed by atoms with Crippen LogP contribution >= 0.6 is 11.6 Å². The first kappa shape index (κ1) is 20.9. The largest absolute Gasteiger partial charge is 0.508 e. The molecule has 6 rings (SSSR count). The van der Waals surface area contributed by atoms with Crippen molar-refractivity contribution in [2.45, 2.75) is 37.6 Å². The Morgan fingerprint density at radius 3 is 2.82 bits per heavy atom. The number of fused-ring (bicyclic) bond motifs is 1. The molecule has 0 bridgehead atoms. The molecule has 2 atom stereocenters. The van der Waals surface area contributed by atoms with E-state index in [9.17, 15) is 9.90 Å². The van der Waals surface area contributed by atoms with Gasteiger partial charge >= 0.3 is 0 Å². The first-order chi connectivity index (χ1) is 16.5. The average molecular weight is 475 g/mol. The number of carbonyl (C=O) groups excluding carboxylic acids is 1. The molecule has 2 aliphatic rings. The zero-order valence-electron chi connectivity index (χ0n) is 18.3. The Morgan fingerprint density at radius 2 is 1.97 bits per heavy atom. The first-order valence-corrected chi connectivity index (χ1v) is 11.7. The van der Waals surface area contributed by atoms with Crippen molar-refractivity contribution in [2.75, 3.05) is 10.6 Å². The molecule has 0 unspecified atom stereocenters. The number of halogens is 1. The summed E-state index contributed by atoms with van der Waals surface area (Å²) in [5.41, 5.74) is 3.89. The molecule has 0 spiro atoms. The Balaban J connectivity index is 1.08. The smallest absolute Gasteiger partial charge is 0.229 e. The number of hydrogen-bond acceptors (Lipinski definition) is 6. The number of carbonyl (C=O) groups is 1. The molecule has 9 heteroatoms. The molecule has 3 N–H and O–H groups in total. The van der Waals surface area contributed by atoms with Gasteiger partial charge in [-0.05, 0) is 66.5 Å². The average Bonchev–Trinajstić information content (AvgIpc) is 3.76. The van der Waals surface area contributed by atoms with Crippen molar-refractivity contribution in [1.82, 2.24) is 19.4 Å². The summed E-state index contributed by atoms with van der Waals surface area (Å²) in [5.74, 6) is 1.47. The summed E-state index contributed by atoms with van der Waals surface area (Å²) in [6.07, 6.45) is 8.80. The minimum absolute atomic E-state index is 0.0476. The van der Waals surface area contributed by atoms with Gasteiger partial charge in [-0.2, -0.15) is 0 Å². The molecule has 4 aromatic rings. The third-order valence-corrected chi connectivity index (χ3v) is 6.69. The van der Waals surface area contributed by atoms with Gasteiger partial charge in [0.25, 0.3) is 0 Å². The van der Waals surface area contributed by atoms with Crippen LogP contribution in [0.3, 0.4) is 0 Å². The van der Waals surface area contributed by atoms with Crippen LogP contribution in [0.1, 0.15) is 47.9 Å². The van der Waals surface area contributed by atoms with Gasteiger partial charge in [-0.3, -0.25) is 4.79 Å². The van der Waals surface area contributed by atoms with Gasteiger partial charge in [0, 0.05) is 29.4 Å². The Morgan fingerprint density at radius 1 is 1.12 bits per heavy atom. The van der Waals surface area contributed by atoms with Crippen LogP contribution in [0.25, 0.3) is 5.65 Å². The SMILES string of the molecule is O=C(Nc1cc(NCc2cn3cc(C4CC4)ccc3n2)ncn1)[C@H]1C[C@@H]1c1cc(Cl)ccc1O. The highest BCUT2D eigenvalue weighted by Crippen LogP contribution is 2.51. The second-order valence-corrected chi connectivity index (χ2v) is 9.45. The number of nitrogens with one attached hydrogen (secondary N) is 2. The molecule has 8 nitrogen and oxygen atoms in total. The summed E-state index contributed by atoms with van der Waals surface area (Å²) < 4.78 is 2.07. The Labute approximate surface area is 201 Å². The third kappa shape index (κ3) is 4.28. The van der Waals surface area contributed by atoms with Gasteiger partial charge in [-0.15, -0.1) is 0 Å². The van der Waals surface area contributed by atoms with Gasteiger partial charge in [-0.25, -0.2) is 15.0 Å². The second kappa shape index (κ2) is 8.29. The lowest BCUT2D eigenvalue weighted by molar-refractivity contribution is -0.117.